The minimum absolute atomic E-state index is 0.00792. The Kier molecular flexibility index (Phi) is 3.83. The summed E-state index contributed by atoms with van der Waals surface area (Å²) in [5.41, 5.74) is 0.841. The molecule has 1 aromatic rings. The molecule has 0 saturated carbocycles. The molecule has 1 N–H and O–H groups in total. The van der Waals surface area contributed by atoms with E-state index in [0.717, 1.165) is 5.56 Å². The van der Waals surface area contributed by atoms with E-state index in [-0.39, 0.29) is 11.9 Å². The van der Waals surface area contributed by atoms with Gasteiger partial charge in [0.05, 0.1) is 0 Å². The van der Waals surface area contributed by atoms with Gasteiger partial charge in [0.1, 0.15) is 12.5 Å². The van der Waals surface area contributed by atoms with Crippen LogP contribution in [0.2, 0.25) is 0 Å². The van der Waals surface area contributed by atoms with Gasteiger partial charge in [-0.3, -0.25) is 0 Å². The van der Waals surface area contributed by atoms with E-state index in [0.29, 0.717) is 6.54 Å². The van der Waals surface area contributed by atoms with Crippen LogP contribution in [0.1, 0.15) is 18.5 Å². The number of alkyl halides is 1. The van der Waals surface area contributed by atoms with Crippen LogP contribution in [0.4, 0.5) is 8.78 Å². The van der Waals surface area contributed by atoms with Crippen LogP contribution in [0.25, 0.3) is 0 Å². The highest BCUT2D eigenvalue weighted by molar-refractivity contribution is 5.19. The van der Waals surface area contributed by atoms with E-state index in [1.54, 1.807) is 6.07 Å². The van der Waals surface area contributed by atoms with Crippen molar-refractivity contribution >= 4 is 0 Å². The Hall–Kier alpha value is -0.960. The molecule has 0 aliphatic carbocycles. The molecule has 0 aromatic heterocycles. The molecule has 0 amide bonds. The van der Waals surface area contributed by atoms with Gasteiger partial charge in [0, 0.05) is 12.6 Å². The SMILES string of the molecule is CC(NCCF)c1cccc(F)c1. The smallest absolute Gasteiger partial charge is 0.123 e. The summed E-state index contributed by atoms with van der Waals surface area (Å²) in [6.45, 7) is 1.78. The third-order valence-electron chi connectivity index (χ3n) is 1.89. The van der Waals surface area contributed by atoms with Crippen LogP contribution in [0.3, 0.4) is 0 Å². The molecule has 1 nitrogen and oxygen atoms in total. The number of nitrogens with one attached hydrogen (secondary N) is 1. The molecule has 0 bridgehead atoms. The van der Waals surface area contributed by atoms with E-state index < -0.39 is 6.67 Å². The second kappa shape index (κ2) is 4.92. The number of benzene rings is 1. The maximum Gasteiger partial charge on any atom is 0.123 e. The van der Waals surface area contributed by atoms with Crippen LogP contribution >= 0.6 is 0 Å². The fourth-order valence-corrected chi connectivity index (χ4v) is 1.16. The second-order valence-corrected chi connectivity index (χ2v) is 2.92. The van der Waals surface area contributed by atoms with E-state index >= 15 is 0 Å². The Balaban J connectivity index is 2.60. The predicted octanol–water partition coefficient (Wildman–Crippen LogP) is 2.45. The molecule has 13 heavy (non-hydrogen) atoms. The zero-order valence-electron chi connectivity index (χ0n) is 7.56. The van der Waals surface area contributed by atoms with E-state index in [2.05, 4.69) is 5.32 Å². The number of hydrogen-bond donors (Lipinski definition) is 1. The van der Waals surface area contributed by atoms with Crippen LogP contribution in [0.5, 0.6) is 0 Å². The molecule has 0 radical (unpaired) electrons. The highest BCUT2D eigenvalue weighted by Gasteiger charge is 2.04. The molecular weight excluding hydrogens is 172 g/mol. The monoisotopic (exact) mass is 185 g/mol. The van der Waals surface area contributed by atoms with Crippen molar-refractivity contribution in [3.63, 3.8) is 0 Å². The molecule has 0 heterocycles. The standard InChI is InChI=1S/C10H13F2N/c1-8(13-6-5-11)9-3-2-4-10(12)7-9/h2-4,7-8,13H,5-6H2,1H3. The second-order valence-electron chi connectivity index (χ2n) is 2.92. The van der Waals surface area contributed by atoms with Crippen molar-refractivity contribution in [2.24, 2.45) is 0 Å². The van der Waals surface area contributed by atoms with Crippen LogP contribution in [0.15, 0.2) is 24.3 Å². The molecule has 0 aliphatic heterocycles. The topological polar surface area (TPSA) is 12.0 Å². The number of hydrogen-bond acceptors (Lipinski definition) is 1. The first-order chi connectivity index (χ1) is 6.24. The lowest BCUT2D eigenvalue weighted by Crippen LogP contribution is -2.20. The van der Waals surface area contributed by atoms with Crippen LogP contribution in [0, 0.1) is 5.82 Å². The lowest BCUT2D eigenvalue weighted by molar-refractivity contribution is 0.443. The third-order valence-corrected chi connectivity index (χ3v) is 1.89. The average Bonchev–Trinajstić information content (AvgIpc) is 2.14. The molecule has 0 saturated heterocycles. The van der Waals surface area contributed by atoms with Crippen molar-refractivity contribution in [2.45, 2.75) is 13.0 Å². The summed E-state index contributed by atoms with van der Waals surface area (Å²) in [5, 5.41) is 2.93. The highest BCUT2D eigenvalue weighted by Crippen LogP contribution is 2.12. The summed E-state index contributed by atoms with van der Waals surface area (Å²) >= 11 is 0. The lowest BCUT2D eigenvalue weighted by atomic mass is 10.1. The van der Waals surface area contributed by atoms with Gasteiger partial charge < -0.3 is 5.32 Å². The molecule has 1 aromatic carbocycles. The molecular formula is C10H13F2N. The molecule has 72 valence electrons. The quantitative estimate of drug-likeness (QED) is 0.759. The fraction of sp³-hybridized carbons (Fsp3) is 0.400. The summed E-state index contributed by atoms with van der Waals surface area (Å²) in [7, 11) is 0. The van der Waals surface area contributed by atoms with Gasteiger partial charge in [-0.05, 0) is 24.6 Å². The summed E-state index contributed by atoms with van der Waals surface area (Å²) in [6, 6.07) is 6.31. The van der Waals surface area contributed by atoms with Gasteiger partial charge in [-0.25, -0.2) is 8.78 Å². The van der Waals surface area contributed by atoms with E-state index in [4.69, 9.17) is 0 Å². The maximum absolute atomic E-state index is 12.7. The van der Waals surface area contributed by atoms with E-state index in [9.17, 15) is 8.78 Å². The first kappa shape index (κ1) is 10.1. The Morgan fingerprint density at radius 1 is 1.46 bits per heavy atom. The summed E-state index contributed by atoms with van der Waals surface area (Å²) in [4.78, 5) is 0. The molecule has 0 fully saturated rings. The van der Waals surface area contributed by atoms with Crippen LogP contribution < -0.4 is 5.32 Å². The van der Waals surface area contributed by atoms with Gasteiger partial charge in [0.15, 0.2) is 0 Å². The first-order valence-electron chi connectivity index (χ1n) is 4.29. The first-order valence-corrected chi connectivity index (χ1v) is 4.29. The summed E-state index contributed by atoms with van der Waals surface area (Å²) in [5.74, 6) is -0.258. The number of rotatable bonds is 4. The predicted molar refractivity (Wildman–Crippen MR) is 48.8 cm³/mol. The molecule has 3 heteroatoms. The Labute approximate surface area is 76.8 Å². The Morgan fingerprint density at radius 2 is 2.23 bits per heavy atom. The van der Waals surface area contributed by atoms with Crippen molar-refractivity contribution in [1.82, 2.24) is 5.32 Å². The van der Waals surface area contributed by atoms with Gasteiger partial charge in [-0.1, -0.05) is 12.1 Å². The molecule has 0 aliphatic rings. The summed E-state index contributed by atoms with van der Waals surface area (Å²) < 4.78 is 24.6. The third kappa shape index (κ3) is 3.11. The lowest BCUT2D eigenvalue weighted by Gasteiger charge is -2.12. The Morgan fingerprint density at radius 3 is 2.85 bits per heavy atom. The Bertz CT molecular complexity index is 263. The zero-order chi connectivity index (χ0) is 9.68. The van der Waals surface area contributed by atoms with Crippen LogP contribution in [-0.2, 0) is 0 Å². The number of halogens is 2. The van der Waals surface area contributed by atoms with Gasteiger partial charge in [-0.15, -0.1) is 0 Å². The van der Waals surface area contributed by atoms with Crippen LogP contribution in [-0.4, -0.2) is 13.2 Å². The van der Waals surface area contributed by atoms with Gasteiger partial charge in [-0.2, -0.15) is 0 Å². The average molecular weight is 185 g/mol. The van der Waals surface area contributed by atoms with Crippen molar-refractivity contribution < 1.29 is 8.78 Å². The maximum atomic E-state index is 12.7. The van der Waals surface area contributed by atoms with Gasteiger partial charge in [0.25, 0.3) is 0 Å². The van der Waals surface area contributed by atoms with Crippen molar-refractivity contribution in [3.05, 3.63) is 35.6 Å². The highest BCUT2D eigenvalue weighted by atomic mass is 19.1. The fourth-order valence-electron chi connectivity index (χ4n) is 1.16. The van der Waals surface area contributed by atoms with E-state index in [1.807, 2.05) is 13.0 Å². The summed E-state index contributed by atoms with van der Waals surface area (Å²) in [6.07, 6.45) is 0. The minimum atomic E-state index is -0.403. The normalized spacial score (nSPS) is 12.8. The molecule has 1 unspecified atom stereocenters. The molecule has 1 atom stereocenters. The largest absolute Gasteiger partial charge is 0.308 e. The minimum Gasteiger partial charge on any atom is -0.308 e. The zero-order valence-corrected chi connectivity index (χ0v) is 7.56. The molecule has 1 rings (SSSR count). The van der Waals surface area contributed by atoms with Crippen molar-refractivity contribution in [1.29, 1.82) is 0 Å². The van der Waals surface area contributed by atoms with Gasteiger partial charge in [0.2, 0.25) is 0 Å². The van der Waals surface area contributed by atoms with Gasteiger partial charge >= 0.3 is 0 Å². The van der Waals surface area contributed by atoms with E-state index in [1.165, 1.54) is 12.1 Å². The van der Waals surface area contributed by atoms with Crippen molar-refractivity contribution in [2.75, 3.05) is 13.2 Å². The van der Waals surface area contributed by atoms with Crippen molar-refractivity contribution in [3.8, 4) is 0 Å². The molecule has 0 spiro atoms.